The molecule has 0 radical (unpaired) electrons. The largest absolute Gasteiger partial charge is 0.451 e. The number of thiazole rings is 1. The Labute approximate surface area is 171 Å². The van der Waals surface area contributed by atoms with Crippen molar-refractivity contribution >= 4 is 34.8 Å². The fourth-order valence-electron chi connectivity index (χ4n) is 2.50. The molecule has 1 N–H and O–H groups in total. The monoisotopic (exact) mass is 415 g/mol. The van der Waals surface area contributed by atoms with Crippen LogP contribution in [0.4, 0.5) is 0 Å². The quantitative estimate of drug-likeness (QED) is 0.610. The van der Waals surface area contributed by atoms with Gasteiger partial charge in [0.05, 0.1) is 17.4 Å². The molecular formula is C20H18ClN3O3S. The van der Waals surface area contributed by atoms with Crippen molar-refractivity contribution in [3.05, 3.63) is 69.8 Å². The molecule has 1 aromatic carbocycles. The number of ether oxygens (including phenoxy) is 1. The van der Waals surface area contributed by atoms with Crippen molar-refractivity contribution in [3.63, 3.8) is 0 Å². The van der Waals surface area contributed by atoms with Gasteiger partial charge in [0.1, 0.15) is 9.88 Å². The Balaban J connectivity index is 1.57. The van der Waals surface area contributed by atoms with Crippen LogP contribution in [0.15, 0.2) is 48.7 Å². The molecule has 3 rings (SSSR count). The van der Waals surface area contributed by atoms with Gasteiger partial charge in [0, 0.05) is 11.2 Å². The summed E-state index contributed by atoms with van der Waals surface area (Å²) in [4.78, 5) is 33.4. The van der Waals surface area contributed by atoms with Gasteiger partial charge in [0.25, 0.3) is 5.91 Å². The fourth-order valence-corrected chi connectivity index (χ4v) is 3.56. The van der Waals surface area contributed by atoms with Crippen LogP contribution in [-0.4, -0.2) is 28.5 Å². The lowest BCUT2D eigenvalue weighted by Crippen LogP contribution is -2.31. The van der Waals surface area contributed by atoms with E-state index in [1.165, 1.54) is 11.3 Å². The standard InChI is InChI=1S/C20H18ClN3O3S/c1-12(14-6-8-15(21)9-7-14)23-17(25)11-27-20(26)18-13(2)24-19(28-18)16-5-3-4-10-22-16/h3-10,12H,11H2,1-2H3,(H,23,25)/t12-/m0/s1. The highest BCUT2D eigenvalue weighted by Crippen LogP contribution is 2.26. The maximum atomic E-state index is 12.3. The van der Waals surface area contributed by atoms with E-state index < -0.39 is 5.97 Å². The third-order valence-electron chi connectivity index (χ3n) is 3.95. The average molecular weight is 416 g/mol. The highest BCUT2D eigenvalue weighted by atomic mass is 35.5. The SMILES string of the molecule is Cc1nc(-c2ccccn2)sc1C(=O)OCC(=O)N[C@@H](C)c1ccc(Cl)cc1. The Morgan fingerprint density at radius 1 is 1.21 bits per heavy atom. The number of hydrogen-bond donors (Lipinski definition) is 1. The van der Waals surface area contributed by atoms with Gasteiger partial charge < -0.3 is 10.1 Å². The summed E-state index contributed by atoms with van der Waals surface area (Å²) in [5, 5.41) is 4.04. The Hall–Kier alpha value is -2.77. The first-order valence-electron chi connectivity index (χ1n) is 8.55. The van der Waals surface area contributed by atoms with Crippen LogP contribution in [0.5, 0.6) is 0 Å². The Bertz CT molecular complexity index is 974. The molecule has 1 atom stereocenters. The summed E-state index contributed by atoms with van der Waals surface area (Å²) in [7, 11) is 0. The topological polar surface area (TPSA) is 81.2 Å². The Morgan fingerprint density at radius 3 is 2.64 bits per heavy atom. The van der Waals surface area contributed by atoms with E-state index in [1.807, 2.05) is 37.3 Å². The van der Waals surface area contributed by atoms with Gasteiger partial charge in [-0.05, 0) is 43.7 Å². The lowest BCUT2D eigenvalue weighted by atomic mass is 10.1. The minimum atomic E-state index is -0.577. The average Bonchev–Trinajstić information content (AvgIpc) is 3.09. The van der Waals surface area contributed by atoms with Crippen LogP contribution >= 0.6 is 22.9 Å². The highest BCUT2D eigenvalue weighted by Gasteiger charge is 2.19. The molecule has 2 aromatic heterocycles. The van der Waals surface area contributed by atoms with Crippen molar-refractivity contribution in [1.29, 1.82) is 0 Å². The number of benzene rings is 1. The molecule has 8 heteroatoms. The normalized spacial score (nSPS) is 11.7. The molecular weight excluding hydrogens is 398 g/mol. The van der Waals surface area contributed by atoms with E-state index in [4.69, 9.17) is 16.3 Å². The molecule has 28 heavy (non-hydrogen) atoms. The second kappa shape index (κ2) is 8.95. The van der Waals surface area contributed by atoms with E-state index >= 15 is 0 Å². The number of carbonyl (C=O) groups is 2. The first-order chi connectivity index (χ1) is 13.4. The summed E-state index contributed by atoms with van der Waals surface area (Å²) >= 11 is 7.06. The smallest absolute Gasteiger partial charge is 0.350 e. The summed E-state index contributed by atoms with van der Waals surface area (Å²) in [6.45, 7) is 3.20. The van der Waals surface area contributed by atoms with Gasteiger partial charge in [0.15, 0.2) is 6.61 Å². The molecule has 0 aliphatic rings. The van der Waals surface area contributed by atoms with Crippen LogP contribution in [0.3, 0.4) is 0 Å². The molecule has 1 amide bonds. The molecule has 0 saturated carbocycles. The van der Waals surface area contributed by atoms with Gasteiger partial charge in [-0.2, -0.15) is 0 Å². The summed E-state index contributed by atoms with van der Waals surface area (Å²) in [6.07, 6.45) is 1.66. The van der Waals surface area contributed by atoms with E-state index in [1.54, 1.807) is 25.3 Å². The van der Waals surface area contributed by atoms with Crippen LogP contribution in [0.1, 0.15) is 33.9 Å². The molecule has 0 bridgehead atoms. The van der Waals surface area contributed by atoms with Gasteiger partial charge in [-0.3, -0.25) is 9.78 Å². The molecule has 0 saturated heterocycles. The second-order valence-corrected chi connectivity index (χ2v) is 7.50. The van der Waals surface area contributed by atoms with Crippen LogP contribution in [0, 0.1) is 6.92 Å². The number of nitrogens with zero attached hydrogens (tertiary/aromatic N) is 2. The number of hydrogen-bond acceptors (Lipinski definition) is 6. The lowest BCUT2D eigenvalue weighted by molar-refractivity contribution is -0.124. The zero-order chi connectivity index (χ0) is 20.1. The van der Waals surface area contributed by atoms with Crippen molar-refractivity contribution in [2.45, 2.75) is 19.9 Å². The fraction of sp³-hybridized carbons (Fsp3) is 0.200. The van der Waals surface area contributed by atoms with Gasteiger partial charge >= 0.3 is 5.97 Å². The third-order valence-corrected chi connectivity index (χ3v) is 5.36. The molecule has 6 nitrogen and oxygen atoms in total. The highest BCUT2D eigenvalue weighted by molar-refractivity contribution is 7.17. The number of aryl methyl sites for hydroxylation is 1. The number of nitrogens with one attached hydrogen (secondary N) is 1. The molecule has 0 unspecified atom stereocenters. The zero-order valence-electron chi connectivity index (χ0n) is 15.3. The predicted molar refractivity (Wildman–Crippen MR) is 108 cm³/mol. The molecule has 0 aliphatic carbocycles. The summed E-state index contributed by atoms with van der Waals surface area (Å²) in [5.41, 5.74) is 2.14. The maximum Gasteiger partial charge on any atom is 0.350 e. The first-order valence-corrected chi connectivity index (χ1v) is 9.74. The number of rotatable bonds is 6. The summed E-state index contributed by atoms with van der Waals surface area (Å²) < 4.78 is 5.15. The number of amides is 1. The second-order valence-electron chi connectivity index (χ2n) is 6.07. The van der Waals surface area contributed by atoms with Crippen molar-refractivity contribution in [3.8, 4) is 10.7 Å². The third kappa shape index (κ3) is 4.94. The number of carbonyl (C=O) groups excluding carboxylic acids is 2. The van der Waals surface area contributed by atoms with Crippen LogP contribution in [0.2, 0.25) is 5.02 Å². The number of halogens is 1. The Morgan fingerprint density at radius 2 is 1.96 bits per heavy atom. The van der Waals surface area contributed by atoms with Gasteiger partial charge in [0.2, 0.25) is 0 Å². The minimum absolute atomic E-state index is 0.232. The predicted octanol–water partition coefficient (Wildman–Crippen LogP) is 4.20. The van der Waals surface area contributed by atoms with Crippen LogP contribution in [-0.2, 0) is 9.53 Å². The molecule has 3 aromatic rings. The minimum Gasteiger partial charge on any atom is -0.451 e. The zero-order valence-corrected chi connectivity index (χ0v) is 16.9. The van der Waals surface area contributed by atoms with E-state index in [2.05, 4.69) is 15.3 Å². The van der Waals surface area contributed by atoms with Crippen molar-refractivity contribution < 1.29 is 14.3 Å². The van der Waals surface area contributed by atoms with Crippen molar-refractivity contribution in [1.82, 2.24) is 15.3 Å². The van der Waals surface area contributed by atoms with Crippen molar-refractivity contribution in [2.24, 2.45) is 0 Å². The Kier molecular flexibility index (Phi) is 6.38. The maximum absolute atomic E-state index is 12.3. The lowest BCUT2D eigenvalue weighted by Gasteiger charge is -2.14. The number of aromatic nitrogens is 2. The summed E-state index contributed by atoms with van der Waals surface area (Å²) in [6, 6.07) is 12.4. The first kappa shape index (κ1) is 20.0. The summed E-state index contributed by atoms with van der Waals surface area (Å²) in [5.74, 6) is -0.964. The molecule has 2 heterocycles. The number of pyridine rings is 1. The van der Waals surface area contributed by atoms with Crippen LogP contribution < -0.4 is 5.32 Å². The van der Waals surface area contributed by atoms with E-state index in [0.29, 0.717) is 26.3 Å². The van der Waals surface area contributed by atoms with Gasteiger partial charge in [-0.15, -0.1) is 11.3 Å². The van der Waals surface area contributed by atoms with Crippen molar-refractivity contribution in [2.75, 3.05) is 6.61 Å². The van der Waals surface area contributed by atoms with Crippen LogP contribution in [0.25, 0.3) is 10.7 Å². The van der Waals surface area contributed by atoms with E-state index in [-0.39, 0.29) is 18.6 Å². The molecule has 0 aliphatic heterocycles. The van der Waals surface area contributed by atoms with Gasteiger partial charge in [-0.25, -0.2) is 9.78 Å². The molecule has 0 fully saturated rings. The molecule has 144 valence electrons. The van der Waals surface area contributed by atoms with Gasteiger partial charge in [-0.1, -0.05) is 29.8 Å². The molecule has 0 spiro atoms. The van der Waals surface area contributed by atoms with E-state index in [9.17, 15) is 9.59 Å². The number of esters is 1. The van der Waals surface area contributed by atoms with E-state index in [0.717, 1.165) is 5.56 Å².